The Morgan fingerprint density at radius 3 is 2.95 bits per heavy atom. The highest BCUT2D eigenvalue weighted by atomic mass is 15.2. The molecule has 0 radical (unpaired) electrons. The quantitative estimate of drug-likeness (QED) is 0.853. The van der Waals surface area contributed by atoms with E-state index in [2.05, 4.69) is 34.3 Å². The fraction of sp³-hybridized carbons (Fsp3) is 0.688. The van der Waals surface area contributed by atoms with Gasteiger partial charge < -0.3 is 5.32 Å². The van der Waals surface area contributed by atoms with Gasteiger partial charge in [0.2, 0.25) is 0 Å². The molecule has 1 aromatic heterocycles. The Bertz CT molecular complexity index is 359. The third-order valence-electron chi connectivity index (χ3n) is 4.00. The molecule has 1 aliphatic heterocycles. The maximum Gasteiger partial charge on any atom is 0.0544 e. The first-order chi connectivity index (χ1) is 9.33. The molecule has 0 bridgehead atoms. The Hall–Kier alpha value is -0.930. The van der Waals surface area contributed by atoms with Crippen LogP contribution >= 0.6 is 0 Å². The van der Waals surface area contributed by atoms with Crippen molar-refractivity contribution in [2.75, 3.05) is 13.6 Å². The summed E-state index contributed by atoms with van der Waals surface area (Å²) in [5.41, 5.74) is 2.47. The molecule has 0 aromatic carbocycles. The lowest BCUT2D eigenvalue weighted by molar-refractivity contribution is 0.130. The van der Waals surface area contributed by atoms with E-state index in [9.17, 15) is 0 Å². The van der Waals surface area contributed by atoms with Crippen LogP contribution in [0.2, 0.25) is 0 Å². The summed E-state index contributed by atoms with van der Waals surface area (Å²) in [6.45, 7) is 5.45. The molecule has 3 nitrogen and oxygen atoms in total. The summed E-state index contributed by atoms with van der Waals surface area (Å²) in [5, 5.41) is 3.16. The van der Waals surface area contributed by atoms with Crippen LogP contribution in [0, 0.1) is 0 Å². The van der Waals surface area contributed by atoms with E-state index >= 15 is 0 Å². The summed E-state index contributed by atoms with van der Waals surface area (Å²) in [4.78, 5) is 7.24. The highest BCUT2D eigenvalue weighted by Gasteiger charge is 2.21. The van der Waals surface area contributed by atoms with Gasteiger partial charge in [-0.05, 0) is 44.5 Å². The molecule has 0 amide bonds. The number of piperidine rings is 1. The molecule has 1 fully saturated rings. The van der Waals surface area contributed by atoms with Crippen molar-refractivity contribution < 1.29 is 0 Å². The van der Waals surface area contributed by atoms with Crippen LogP contribution in [-0.4, -0.2) is 29.5 Å². The highest BCUT2D eigenvalue weighted by Crippen LogP contribution is 2.22. The van der Waals surface area contributed by atoms with E-state index in [1.165, 1.54) is 49.9 Å². The second kappa shape index (κ2) is 7.61. The maximum absolute atomic E-state index is 4.60. The molecule has 19 heavy (non-hydrogen) atoms. The third-order valence-corrected chi connectivity index (χ3v) is 4.00. The van der Waals surface area contributed by atoms with Gasteiger partial charge in [-0.3, -0.25) is 9.88 Å². The lowest BCUT2D eigenvalue weighted by Crippen LogP contribution is -2.38. The molecule has 2 rings (SSSR count). The predicted octanol–water partition coefficient (Wildman–Crippen LogP) is 2.96. The Balaban J connectivity index is 1.94. The molecule has 3 heteroatoms. The molecular formula is C16H27N3. The zero-order valence-corrected chi connectivity index (χ0v) is 12.4. The second-order valence-corrected chi connectivity index (χ2v) is 5.60. The molecule has 0 saturated carbocycles. The van der Waals surface area contributed by atoms with Gasteiger partial charge in [0.25, 0.3) is 0 Å². The van der Waals surface area contributed by atoms with Crippen LogP contribution in [0.15, 0.2) is 18.3 Å². The number of hydrogen-bond donors (Lipinski definition) is 1. The number of rotatable bonds is 6. The molecule has 0 spiro atoms. The Kier molecular flexibility index (Phi) is 5.80. The second-order valence-electron chi connectivity index (χ2n) is 5.60. The zero-order valence-electron chi connectivity index (χ0n) is 12.4. The van der Waals surface area contributed by atoms with Gasteiger partial charge >= 0.3 is 0 Å². The van der Waals surface area contributed by atoms with Crippen molar-refractivity contribution >= 4 is 0 Å². The molecule has 1 aliphatic rings. The molecule has 0 aliphatic carbocycles. The summed E-state index contributed by atoms with van der Waals surface area (Å²) in [6.07, 6.45) is 8.73. The number of pyridine rings is 1. The lowest BCUT2D eigenvalue weighted by atomic mass is 9.98. The van der Waals surface area contributed by atoms with Crippen molar-refractivity contribution in [3.8, 4) is 0 Å². The topological polar surface area (TPSA) is 28.2 Å². The van der Waals surface area contributed by atoms with Gasteiger partial charge in [-0.2, -0.15) is 0 Å². The number of likely N-dealkylation sites (tertiary alicyclic amines) is 1. The van der Waals surface area contributed by atoms with Crippen LogP contribution in [0.3, 0.4) is 0 Å². The minimum atomic E-state index is 0.775. The van der Waals surface area contributed by atoms with Gasteiger partial charge in [0, 0.05) is 25.3 Å². The molecule has 1 unspecified atom stereocenters. The van der Waals surface area contributed by atoms with E-state index < -0.39 is 0 Å². The minimum absolute atomic E-state index is 0.775. The Morgan fingerprint density at radius 1 is 1.37 bits per heavy atom. The van der Waals surface area contributed by atoms with Crippen LogP contribution in [0.1, 0.15) is 50.3 Å². The van der Waals surface area contributed by atoms with Crippen molar-refractivity contribution in [2.45, 2.75) is 58.2 Å². The molecule has 1 saturated heterocycles. The van der Waals surface area contributed by atoms with Crippen molar-refractivity contribution in [3.63, 3.8) is 0 Å². The smallest absolute Gasteiger partial charge is 0.0544 e. The Labute approximate surface area is 117 Å². The standard InChI is InChI=1S/C16H27N3/c1-3-6-16-7-4-5-10-19(16)13-15-9-8-14(11-17-2)12-18-15/h8-9,12,16-17H,3-7,10-11,13H2,1-2H3. The van der Waals surface area contributed by atoms with E-state index in [1.807, 2.05) is 13.2 Å². The van der Waals surface area contributed by atoms with Crippen molar-refractivity contribution in [2.24, 2.45) is 0 Å². The first-order valence-corrected chi connectivity index (χ1v) is 7.66. The van der Waals surface area contributed by atoms with E-state index in [0.29, 0.717) is 0 Å². The third kappa shape index (κ3) is 4.29. The average Bonchev–Trinajstić information content (AvgIpc) is 2.44. The van der Waals surface area contributed by atoms with Gasteiger partial charge in [-0.1, -0.05) is 25.8 Å². The van der Waals surface area contributed by atoms with Crippen LogP contribution < -0.4 is 5.32 Å². The predicted molar refractivity (Wildman–Crippen MR) is 80.0 cm³/mol. The monoisotopic (exact) mass is 261 g/mol. The van der Waals surface area contributed by atoms with Gasteiger partial charge in [0.1, 0.15) is 0 Å². The average molecular weight is 261 g/mol. The lowest BCUT2D eigenvalue weighted by Gasteiger charge is -2.35. The highest BCUT2D eigenvalue weighted by molar-refractivity contribution is 5.14. The van der Waals surface area contributed by atoms with E-state index in [0.717, 1.165) is 19.1 Å². The molecule has 1 atom stereocenters. The molecule has 1 N–H and O–H groups in total. The van der Waals surface area contributed by atoms with Crippen molar-refractivity contribution in [1.29, 1.82) is 0 Å². The number of hydrogen-bond acceptors (Lipinski definition) is 3. The van der Waals surface area contributed by atoms with E-state index in [4.69, 9.17) is 0 Å². The number of aromatic nitrogens is 1. The first kappa shape index (κ1) is 14.5. The number of nitrogens with one attached hydrogen (secondary N) is 1. The van der Waals surface area contributed by atoms with Crippen LogP contribution in [-0.2, 0) is 13.1 Å². The largest absolute Gasteiger partial charge is 0.316 e. The summed E-state index contributed by atoms with van der Waals surface area (Å²) < 4.78 is 0. The molecule has 106 valence electrons. The van der Waals surface area contributed by atoms with Gasteiger partial charge in [0.15, 0.2) is 0 Å². The minimum Gasteiger partial charge on any atom is -0.316 e. The maximum atomic E-state index is 4.60. The van der Waals surface area contributed by atoms with Crippen molar-refractivity contribution in [1.82, 2.24) is 15.2 Å². The van der Waals surface area contributed by atoms with Gasteiger partial charge in [-0.15, -0.1) is 0 Å². The summed E-state index contributed by atoms with van der Waals surface area (Å²) in [7, 11) is 1.97. The van der Waals surface area contributed by atoms with Crippen LogP contribution in [0.4, 0.5) is 0 Å². The normalized spacial score (nSPS) is 20.6. The van der Waals surface area contributed by atoms with E-state index in [1.54, 1.807) is 0 Å². The summed E-state index contributed by atoms with van der Waals surface area (Å²) in [5.74, 6) is 0. The molecule has 2 heterocycles. The molecule has 1 aromatic rings. The number of nitrogens with zero attached hydrogens (tertiary/aromatic N) is 2. The van der Waals surface area contributed by atoms with Gasteiger partial charge in [-0.25, -0.2) is 0 Å². The Morgan fingerprint density at radius 2 is 2.26 bits per heavy atom. The summed E-state index contributed by atoms with van der Waals surface area (Å²) in [6, 6.07) is 5.15. The fourth-order valence-electron chi connectivity index (χ4n) is 2.99. The van der Waals surface area contributed by atoms with E-state index in [-0.39, 0.29) is 0 Å². The SMILES string of the molecule is CCCC1CCCCN1Cc1ccc(CNC)cn1. The van der Waals surface area contributed by atoms with Gasteiger partial charge in [0.05, 0.1) is 5.69 Å². The first-order valence-electron chi connectivity index (χ1n) is 7.66. The molecular weight excluding hydrogens is 234 g/mol. The summed E-state index contributed by atoms with van der Waals surface area (Å²) >= 11 is 0. The van der Waals surface area contributed by atoms with Crippen molar-refractivity contribution in [3.05, 3.63) is 29.6 Å². The van der Waals surface area contributed by atoms with Crippen LogP contribution in [0.5, 0.6) is 0 Å². The fourth-order valence-corrected chi connectivity index (χ4v) is 2.99. The zero-order chi connectivity index (χ0) is 13.5. The van der Waals surface area contributed by atoms with Crippen LogP contribution in [0.25, 0.3) is 0 Å².